The lowest BCUT2D eigenvalue weighted by Gasteiger charge is -2.35. The van der Waals surface area contributed by atoms with Gasteiger partial charge in [-0.25, -0.2) is 9.59 Å². The van der Waals surface area contributed by atoms with Gasteiger partial charge in [0.1, 0.15) is 12.7 Å². The Labute approximate surface area is 247 Å². The highest BCUT2D eigenvalue weighted by Gasteiger charge is 2.44. The molecule has 2 aliphatic rings. The number of aliphatic hydroxyl groups excluding tert-OH is 1. The maximum absolute atomic E-state index is 13.3. The van der Waals surface area contributed by atoms with Crippen LogP contribution in [0.25, 0.3) is 0 Å². The average Bonchev–Trinajstić information content (AvgIpc) is 3.60. The predicted octanol–water partition coefficient (Wildman–Crippen LogP) is 4.41. The summed E-state index contributed by atoms with van der Waals surface area (Å²) in [7, 11) is 0. The zero-order chi connectivity index (χ0) is 30.0. The molecule has 0 bridgehead atoms. The standard InChI is InChI=1S/C32H41N3O7/c1-32(2,15-9-16-33)22-35(31(38)41-20-24-12-7-4-8-13-24)19-27(36)26(18-23-10-5-3-6-11-23)34-30(37)42-28-21-40-29-25(28)14-17-39-29/h3-8,10-13,25-29,36H,9,14-15,17-22H2,1-2H3,(H,34,37)/t25?,26-,27?,28?,29?/m0/s1. The third kappa shape index (κ3) is 9.18. The van der Waals surface area contributed by atoms with E-state index in [4.69, 9.17) is 24.2 Å². The average molecular weight is 580 g/mol. The summed E-state index contributed by atoms with van der Waals surface area (Å²) in [5, 5.41) is 23.4. The Bertz CT molecular complexity index is 1190. The SMILES string of the molecule is CC(C)(CCC#N)CN(CC(O)[C@H](Cc1ccccc1)NC(=O)OC1COC2OCCC12)C(=O)OCc1ccccc1. The first-order valence-electron chi connectivity index (χ1n) is 14.5. The lowest BCUT2D eigenvalue weighted by atomic mass is 9.87. The molecule has 2 aromatic rings. The van der Waals surface area contributed by atoms with Crippen LogP contribution in [-0.2, 0) is 32.0 Å². The molecular formula is C32H41N3O7. The molecule has 0 saturated carbocycles. The van der Waals surface area contributed by atoms with Gasteiger partial charge in [0.15, 0.2) is 6.29 Å². The molecule has 4 unspecified atom stereocenters. The molecule has 2 fully saturated rings. The van der Waals surface area contributed by atoms with E-state index in [0.29, 0.717) is 25.9 Å². The zero-order valence-corrected chi connectivity index (χ0v) is 24.3. The van der Waals surface area contributed by atoms with E-state index in [1.54, 1.807) is 0 Å². The second kappa shape index (κ2) is 15.0. The van der Waals surface area contributed by atoms with Crippen LogP contribution in [0.15, 0.2) is 60.7 Å². The summed E-state index contributed by atoms with van der Waals surface area (Å²) >= 11 is 0. The first-order chi connectivity index (χ1) is 20.2. The van der Waals surface area contributed by atoms with Crippen molar-refractivity contribution in [2.75, 3.05) is 26.3 Å². The third-order valence-corrected chi connectivity index (χ3v) is 7.71. The summed E-state index contributed by atoms with van der Waals surface area (Å²) in [6, 6.07) is 20.2. The molecule has 4 rings (SSSR count). The minimum absolute atomic E-state index is 0.0150. The smallest absolute Gasteiger partial charge is 0.410 e. The maximum Gasteiger partial charge on any atom is 0.410 e. The molecular weight excluding hydrogens is 538 g/mol. The van der Waals surface area contributed by atoms with E-state index >= 15 is 0 Å². The first kappa shape index (κ1) is 31.3. The Hall–Kier alpha value is -3.65. The summed E-state index contributed by atoms with van der Waals surface area (Å²) in [5.74, 6) is -0.0150. The van der Waals surface area contributed by atoms with Crippen molar-refractivity contribution in [3.8, 4) is 6.07 Å². The number of ether oxygens (including phenoxy) is 4. The van der Waals surface area contributed by atoms with E-state index < -0.39 is 35.9 Å². The Balaban J connectivity index is 1.46. The first-order valence-corrected chi connectivity index (χ1v) is 14.5. The predicted molar refractivity (Wildman–Crippen MR) is 154 cm³/mol. The van der Waals surface area contributed by atoms with E-state index in [1.807, 2.05) is 74.5 Å². The highest BCUT2D eigenvalue weighted by Crippen LogP contribution is 2.33. The van der Waals surface area contributed by atoms with E-state index in [-0.39, 0.29) is 38.5 Å². The van der Waals surface area contributed by atoms with Crippen LogP contribution < -0.4 is 5.32 Å². The number of hydrogen-bond acceptors (Lipinski definition) is 8. The van der Waals surface area contributed by atoms with Crippen LogP contribution in [0.1, 0.15) is 44.2 Å². The molecule has 42 heavy (non-hydrogen) atoms. The molecule has 2 heterocycles. The number of hydrogen-bond donors (Lipinski definition) is 2. The number of nitrogens with zero attached hydrogens (tertiary/aromatic N) is 2. The number of aliphatic hydroxyl groups is 1. The molecule has 0 aliphatic carbocycles. The van der Waals surface area contributed by atoms with Gasteiger partial charge in [0.05, 0.1) is 43.9 Å². The number of fused-ring (bicyclic) bond motifs is 1. The largest absolute Gasteiger partial charge is 0.445 e. The lowest BCUT2D eigenvalue weighted by molar-refractivity contribution is -0.0907. The van der Waals surface area contributed by atoms with Crippen molar-refractivity contribution in [3.63, 3.8) is 0 Å². The van der Waals surface area contributed by atoms with Crippen molar-refractivity contribution < 1.29 is 33.6 Å². The number of carbonyl (C=O) groups excluding carboxylic acids is 2. The minimum Gasteiger partial charge on any atom is -0.445 e. The van der Waals surface area contributed by atoms with Crippen molar-refractivity contribution in [3.05, 3.63) is 71.8 Å². The molecule has 2 saturated heterocycles. The molecule has 2 aliphatic heterocycles. The van der Waals surface area contributed by atoms with Gasteiger partial charge in [-0.1, -0.05) is 74.5 Å². The van der Waals surface area contributed by atoms with Crippen LogP contribution in [-0.4, -0.2) is 73.0 Å². The molecule has 0 spiro atoms. The molecule has 0 aromatic heterocycles. The lowest BCUT2D eigenvalue weighted by Crippen LogP contribution is -2.52. The van der Waals surface area contributed by atoms with Crippen molar-refractivity contribution in [1.82, 2.24) is 10.2 Å². The Morgan fingerprint density at radius 1 is 1.12 bits per heavy atom. The number of alkyl carbamates (subject to hydrolysis) is 1. The van der Waals surface area contributed by atoms with Crippen LogP contribution in [0, 0.1) is 22.7 Å². The maximum atomic E-state index is 13.3. The molecule has 226 valence electrons. The van der Waals surface area contributed by atoms with Gasteiger partial charge in [-0.05, 0) is 35.8 Å². The second-order valence-electron chi connectivity index (χ2n) is 11.7. The van der Waals surface area contributed by atoms with Gasteiger partial charge < -0.3 is 34.3 Å². The van der Waals surface area contributed by atoms with Gasteiger partial charge >= 0.3 is 12.2 Å². The molecule has 10 nitrogen and oxygen atoms in total. The topological polar surface area (TPSA) is 130 Å². The number of rotatable bonds is 13. The summed E-state index contributed by atoms with van der Waals surface area (Å²) in [4.78, 5) is 27.8. The molecule has 0 radical (unpaired) electrons. The van der Waals surface area contributed by atoms with Crippen molar-refractivity contribution in [2.24, 2.45) is 11.3 Å². The van der Waals surface area contributed by atoms with Gasteiger partial charge in [0, 0.05) is 13.0 Å². The fraction of sp³-hybridized carbons (Fsp3) is 0.531. The number of nitriles is 1. The summed E-state index contributed by atoms with van der Waals surface area (Å²) in [5.41, 5.74) is 1.33. The summed E-state index contributed by atoms with van der Waals surface area (Å²) in [6.45, 7) is 5.00. The van der Waals surface area contributed by atoms with Crippen LogP contribution in [0.5, 0.6) is 0 Å². The van der Waals surface area contributed by atoms with Crippen LogP contribution in [0.3, 0.4) is 0 Å². The van der Waals surface area contributed by atoms with Gasteiger partial charge in [-0.15, -0.1) is 0 Å². The molecule has 2 aromatic carbocycles. The fourth-order valence-electron chi connectivity index (χ4n) is 5.38. The zero-order valence-electron chi connectivity index (χ0n) is 24.3. The Morgan fingerprint density at radius 2 is 1.81 bits per heavy atom. The quantitative estimate of drug-likeness (QED) is 0.357. The van der Waals surface area contributed by atoms with Gasteiger partial charge in [-0.3, -0.25) is 0 Å². The minimum atomic E-state index is -1.14. The van der Waals surface area contributed by atoms with E-state index in [2.05, 4.69) is 11.4 Å². The van der Waals surface area contributed by atoms with Crippen molar-refractivity contribution in [1.29, 1.82) is 5.26 Å². The molecule has 2 amide bonds. The highest BCUT2D eigenvalue weighted by molar-refractivity contribution is 5.69. The van der Waals surface area contributed by atoms with E-state index in [9.17, 15) is 14.7 Å². The van der Waals surface area contributed by atoms with Crippen LogP contribution in [0.2, 0.25) is 0 Å². The molecule has 10 heteroatoms. The highest BCUT2D eigenvalue weighted by atomic mass is 16.7. The second-order valence-corrected chi connectivity index (χ2v) is 11.7. The van der Waals surface area contributed by atoms with Crippen LogP contribution in [0.4, 0.5) is 9.59 Å². The Morgan fingerprint density at radius 3 is 2.50 bits per heavy atom. The molecule has 2 N–H and O–H groups in total. The number of amides is 2. The van der Waals surface area contributed by atoms with E-state index in [0.717, 1.165) is 17.5 Å². The van der Waals surface area contributed by atoms with Gasteiger partial charge in [0.2, 0.25) is 0 Å². The van der Waals surface area contributed by atoms with Crippen LogP contribution >= 0.6 is 0 Å². The van der Waals surface area contributed by atoms with E-state index in [1.165, 1.54) is 4.90 Å². The Kier molecular flexibility index (Phi) is 11.2. The summed E-state index contributed by atoms with van der Waals surface area (Å²) < 4.78 is 22.4. The number of benzene rings is 2. The number of carbonyl (C=O) groups is 2. The summed E-state index contributed by atoms with van der Waals surface area (Å²) in [6.07, 6.45) is -1.21. The fourth-order valence-corrected chi connectivity index (χ4v) is 5.38. The van der Waals surface area contributed by atoms with Crippen molar-refractivity contribution in [2.45, 2.75) is 70.7 Å². The normalized spacial score (nSPS) is 21.0. The van der Waals surface area contributed by atoms with Gasteiger partial charge in [0.25, 0.3) is 0 Å². The van der Waals surface area contributed by atoms with Crippen molar-refractivity contribution >= 4 is 12.2 Å². The third-order valence-electron chi connectivity index (χ3n) is 7.71. The van der Waals surface area contributed by atoms with Gasteiger partial charge in [-0.2, -0.15) is 5.26 Å². The number of nitrogens with one attached hydrogen (secondary N) is 1. The monoisotopic (exact) mass is 579 g/mol. The molecule has 5 atom stereocenters.